The van der Waals surface area contributed by atoms with Crippen molar-refractivity contribution in [2.24, 2.45) is 5.41 Å². The van der Waals surface area contributed by atoms with Gasteiger partial charge in [0.15, 0.2) is 0 Å². The molecule has 0 rings (SSSR count). The second-order valence-electron chi connectivity index (χ2n) is 25.7. The molecular formula is C108H216O31P2-2. The third-order valence-electron chi connectivity index (χ3n) is 14.7. The van der Waals surface area contributed by atoms with Crippen molar-refractivity contribution in [1.29, 1.82) is 0 Å². The Bertz CT molecular complexity index is 1960. The molecule has 2 unspecified atom stereocenters. The average Bonchev–Trinajstić information content (AvgIpc) is 0.886. The molecule has 0 saturated carbocycles. The summed E-state index contributed by atoms with van der Waals surface area (Å²) in [6, 6.07) is 0. The summed E-state index contributed by atoms with van der Waals surface area (Å²) in [6.45, 7) is 148. The lowest BCUT2D eigenvalue weighted by atomic mass is 9.97. The Morgan fingerprint density at radius 2 is 0.333 bits per heavy atom. The van der Waals surface area contributed by atoms with E-state index in [2.05, 4.69) is 428 Å². The molecule has 0 aromatic rings. The Hall–Kier alpha value is -7.10. The number of hydrogen-bond donors (Lipinski definition) is 0. The van der Waals surface area contributed by atoms with Gasteiger partial charge in [0.2, 0.25) is 0 Å². The van der Waals surface area contributed by atoms with E-state index in [0.717, 1.165) is 32.1 Å². The molecule has 33 heteroatoms. The summed E-state index contributed by atoms with van der Waals surface area (Å²) in [5, 5.41) is 81.9. The minimum atomic E-state index is -4.54. The first-order valence-corrected chi connectivity index (χ1v) is 50.0. The van der Waals surface area contributed by atoms with E-state index in [-0.39, 0.29) is 18.2 Å². The zero-order valence-electron chi connectivity index (χ0n) is 91.0. The van der Waals surface area contributed by atoms with Crippen LogP contribution in [-0.4, -0.2) is 31.6 Å². The fraction of sp³-hybridized carbons (Fsp3) is 0.556. The number of allylic oxidation sites excluding steroid dienone is 1. The molecule has 0 aliphatic carbocycles. The van der Waals surface area contributed by atoms with Crippen molar-refractivity contribution in [3.8, 4) is 0 Å². The van der Waals surface area contributed by atoms with E-state index in [4.69, 9.17) is 9.05 Å². The maximum absolute atomic E-state index is 12.0. The summed E-state index contributed by atoms with van der Waals surface area (Å²) in [5.74, 6) is 0. The molecule has 0 fully saturated rings. The highest BCUT2D eigenvalue weighted by Gasteiger charge is 2.19. The first kappa shape index (κ1) is 196. The maximum Gasteiger partial charge on any atom is 0.267 e. The lowest BCUT2D eigenvalue weighted by Crippen LogP contribution is -2.22. The molecule has 0 aromatic carbocycles. The molecular weight excluding hydrogens is 1860 g/mol. The van der Waals surface area contributed by atoms with Crippen LogP contribution in [0.3, 0.4) is 0 Å². The minimum absolute atomic E-state index is 0.0161. The van der Waals surface area contributed by atoms with Gasteiger partial charge in [-0.05, 0) is 85.4 Å². The van der Waals surface area contributed by atoms with E-state index in [1.165, 1.54) is 270 Å². The zero-order chi connectivity index (χ0) is 115. The van der Waals surface area contributed by atoms with E-state index in [1.807, 2.05) is 20.8 Å². The van der Waals surface area contributed by atoms with Gasteiger partial charge in [-0.2, -0.15) is 0 Å². The Morgan fingerprint density at radius 1 is 0.191 bits per heavy atom. The van der Waals surface area contributed by atoms with Crippen LogP contribution in [0.5, 0.6) is 0 Å². The fourth-order valence-corrected chi connectivity index (χ4v) is 12.2. The lowest BCUT2D eigenvalue weighted by Gasteiger charge is -2.31. The molecule has 141 heavy (non-hydrogen) atoms. The summed E-state index contributed by atoms with van der Waals surface area (Å²) in [7, 11) is -8.23. The van der Waals surface area contributed by atoms with Gasteiger partial charge in [0.05, 0.1) is 18.8 Å². The highest BCUT2D eigenvalue weighted by Crippen LogP contribution is 2.43. The lowest BCUT2D eigenvalue weighted by molar-refractivity contribution is -0.899. The van der Waals surface area contributed by atoms with Crippen LogP contribution >= 0.6 is 15.4 Å². The van der Waals surface area contributed by atoms with Gasteiger partial charge in [-0.1, -0.05) is 316 Å². The van der Waals surface area contributed by atoms with Crippen LogP contribution in [-0.2, 0) is 143 Å². The first-order valence-electron chi connectivity index (χ1n) is 46.9. The van der Waals surface area contributed by atoms with Crippen LogP contribution in [0, 0.1) is 5.41 Å². The number of phosphoric acid groups is 1. The highest BCUT2D eigenvalue weighted by molar-refractivity contribution is 7.51. The third-order valence-corrected chi connectivity index (χ3v) is 17.4. The quantitative estimate of drug-likeness (QED) is 0.0136. The fourth-order valence-electron chi connectivity index (χ4n) is 9.95. The Morgan fingerprint density at radius 3 is 0.496 bits per heavy atom. The first-order chi connectivity index (χ1) is 69.1. The average molecular weight is 2070 g/mol. The molecule has 0 radical (unpaired) electrons. The van der Waals surface area contributed by atoms with Crippen LogP contribution in [0.2, 0.25) is 0 Å². The van der Waals surface area contributed by atoms with E-state index in [0.29, 0.717) is 12.8 Å². The van der Waals surface area contributed by atoms with Gasteiger partial charge >= 0.3 is 0 Å². The van der Waals surface area contributed by atoms with Crippen molar-refractivity contribution in [3.63, 3.8) is 0 Å². The Balaban J connectivity index is -0.000000117. The Kier molecular flexibility index (Phi) is 335. The van der Waals surface area contributed by atoms with E-state index >= 15 is 0 Å². The van der Waals surface area contributed by atoms with Gasteiger partial charge in [0.1, 0.15) is 20.5 Å². The minimum Gasteiger partial charge on any atom is -0.778 e. The second kappa shape index (κ2) is 241. The Labute approximate surface area is 865 Å². The van der Waals surface area contributed by atoms with Gasteiger partial charge < -0.3 is 32.8 Å². The number of rotatable bonds is 81. The number of unbranched alkanes of at least 4 members (excludes halogenated alkanes) is 47. The second-order valence-corrected chi connectivity index (χ2v) is 29.0. The van der Waals surface area contributed by atoms with Crippen LogP contribution in [0.25, 0.3) is 0 Å². The van der Waals surface area contributed by atoms with Crippen molar-refractivity contribution >= 4 is 15.4 Å². The molecule has 0 amide bonds. The normalized spacial score (nSPS) is 9.82. The molecule has 31 nitrogen and oxygen atoms in total. The van der Waals surface area contributed by atoms with Crippen LogP contribution in [0.1, 0.15) is 350 Å². The van der Waals surface area contributed by atoms with Gasteiger partial charge in [-0.3, -0.25) is 4.57 Å². The molecule has 846 valence electrons. The van der Waals surface area contributed by atoms with Gasteiger partial charge in [0, 0.05) is 76.7 Å². The summed E-state index contributed by atoms with van der Waals surface area (Å²) in [5.41, 5.74) is -0.791. The largest absolute Gasteiger partial charge is 0.778 e. The smallest absolute Gasteiger partial charge is 0.267 e. The molecule has 0 aliphatic heterocycles. The predicted molar refractivity (Wildman–Crippen MR) is 593 cm³/mol. The highest BCUT2D eigenvalue weighted by atomic mass is 31.2. The van der Waals surface area contributed by atoms with Gasteiger partial charge in [-0.15, -0.1) is 303 Å². The third kappa shape index (κ3) is 288. The summed E-state index contributed by atoms with van der Waals surface area (Å²) < 4.78 is 38.6. The topological polar surface area (TPSA) is 329 Å². The van der Waals surface area contributed by atoms with E-state index < -0.39 is 34.2 Å². The van der Waals surface area contributed by atoms with Crippen LogP contribution < -0.4 is 9.79 Å². The molecule has 0 saturated heterocycles. The molecule has 0 spiro atoms. The molecule has 0 bridgehead atoms. The zero-order valence-corrected chi connectivity index (χ0v) is 92.8. The van der Waals surface area contributed by atoms with E-state index in [1.54, 1.807) is 26.8 Å². The van der Waals surface area contributed by atoms with Crippen molar-refractivity contribution in [1.82, 2.24) is 0 Å². The van der Waals surface area contributed by atoms with Gasteiger partial charge in [-0.25, -0.2) is 4.89 Å². The summed E-state index contributed by atoms with van der Waals surface area (Å²) in [6.07, 6.45) is 66.1. The molecule has 0 N–H and O–H groups in total. The molecule has 2 atom stereocenters. The number of phosphoric ester groups is 1. The maximum atomic E-state index is 12.0. The van der Waals surface area contributed by atoms with Crippen molar-refractivity contribution in [3.05, 3.63) is 315 Å². The predicted octanol–water partition coefficient (Wildman–Crippen LogP) is 38.0. The standard InChI is InChI=1S/C62H126O31P2.23C2H4/c1-61(2,3)55-57-67-72-74-76-78-80-82-84-86-88-90-92-93-91-89-87-85-83-81-79-77-75-73-68-58-59-70-95(65,66)69-56-53-51-49-47-45-43-41-39-37-35-33-31-29-27-25-23-21-19-17-15-13-11-9-7-8-10-12-14-16-18-20-22-24-26-28-30-32-34-36-38-40-42-44-46-48-50-52-54-60-94(63,64)71-62(4,5)6;23*1-2/h55,57H,7-54,56,58-60H2,1-6H3,(H,63,64)(H,65,66);23*1-2H2/p-2/b57-55-;;;;;;;;;;;;;;;;;;;;;;;. The molecule has 0 aromatic heterocycles. The SMILES string of the molecule is C=C.C=C.C=C.C=C.C=C.C=C.C=C.C=C.C=C.C=C.C=C.C=C.C=C.C=C.C=C.C=C.C=C.C=C.C=C.C=C.C=C.C=C.C=C.CC(C)(C)/C=C\OOOOOOOOOOOOOOOOOOOOOOOOCCOP(=O)([O-])OCCCCCCCCCCCCCCCCCCCCCCCCCCCCCCCCCCCCCCCCCCCCCCCCCCP(=O)([O-])OC(C)(C)C. The number of hydrogen-bond acceptors (Lipinski definition) is 31. The van der Waals surface area contributed by atoms with Crippen LogP contribution in [0.15, 0.2) is 315 Å². The van der Waals surface area contributed by atoms with Crippen molar-refractivity contribution in [2.45, 2.75) is 355 Å². The van der Waals surface area contributed by atoms with Crippen molar-refractivity contribution in [2.75, 3.05) is 26.0 Å². The van der Waals surface area contributed by atoms with E-state index in [9.17, 15) is 18.9 Å². The van der Waals surface area contributed by atoms with Crippen LogP contribution in [0.4, 0.5) is 0 Å². The monoisotopic (exact) mass is 2070 g/mol. The summed E-state index contributed by atoms with van der Waals surface area (Å²) in [4.78, 5) is 32.7. The van der Waals surface area contributed by atoms with Crippen molar-refractivity contribution < 1.29 is 153 Å². The van der Waals surface area contributed by atoms with Gasteiger partial charge in [0.25, 0.3) is 7.82 Å². The summed E-state index contributed by atoms with van der Waals surface area (Å²) >= 11 is 0. The molecule has 0 aliphatic rings. The molecule has 0 heterocycles.